The van der Waals surface area contributed by atoms with Crippen LogP contribution in [0.2, 0.25) is 0 Å². The van der Waals surface area contributed by atoms with Gasteiger partial charge in [-0.15, -0.1) is 5.10 Å². The summed E-state index contributed by atoms with van der Waals surface area (Å²) in [6.07, 6.45) is 7.49. The van der Waals surface area contributed by atoms with E-state index in [4.69, 9.17) is 0 Å². The number of nitrogens with one attached hydrogen (secondary N) is 2. The van der Waals surface area contributed by atoms with Crippen molar-refractivity contribution < 1.29 is 4.79 Å². The Morgan fingerprint density at radius 2 is 2.50 bits per heavy atom. The second-order valence-electron chi connectivity index (χ2n) is 5.66. The molecule has 20 heavy (non-hydrogen) atoms. The van der Waals surface area contributed by atoms with Gasteiger partial charge in [-0.05, 0) is 44.2 Å². The molecule has 0 spiro atoms. The van der Waals surface area contributed by atoms with Crippen molar-refractivity contribution in [3.05, 3.63) is 12.4 Å². The molecule has 2 atom stereocenters. The molecule has 1 aromatic heterocycles. The summed E-state index contributed by atoms with van der Waals surface area (Å²) in [7, 11) is 0. The lowest BCUT2D eigenvalue weighted by Crippen LogP contribution is -2.35. The van der Waals surface area contributed by atoms with E-state index >= 15 is 0 Å². The molecule has 6 nitrogen and oxygen atoms in total. The van der Waals surface area contributed by atoms with E-state index in [1.54, 1.807) is 10.9 Å². The van der Waals surface area contributed by atoms with Crippen LogP contribution in [-0.4, -0.2) is 40.5 Å². The number of nitrogens with zero attached hydrogens (tertiary/aromatic N) is 3. The number of carbonyl (C=O) groups is 1. The van der Waals surface area contributed by atoms with E-state index < -0.39 is 0 Å². The number of aromatic nitrogens is 3. The summed E-state index contributed by atoms with van der Waals surface area (Å²) in [5.74, 6) is 1.27. The van der Waals surface area contributed by atoms with Gasteiger partial charge in [-0.1, -0.05) is 12.1 Å². The zero-order valence-corrected chi connectivity index (χ0v) is 12.2. The van der Waals surface area contributed by atoms with Crippen LogP contribution in [0.3, 0.4) is 0 Å². The van der Waals surface area contributed by atoms with Crippen molar-refractivity contribution in [2.45, 2.75) is 39.2 Å². The van der Waals surface area contributed by atoms with Crippen molar-refractivity contribution >= 4 is 5.91 Å². The third-order valence-corrected chi connectivity index (χ3v) is 4.01. The fraction of sp³-hybridized carbons (Fsp3) is 0.786. The summed E-state index contributed by atoms with van der Waals surface area (Å²) in [4.78, 5) is 11.9. The fourth-order valence-corrected chi connectivity index (χ4v) is 2.72. The van der Waals surface area contributed by atoms with Gasteiger partial charge in [0.15, 0.2) is 0 Å². The summed E-state index contributed by atoms with van der Waals surface area (Å²) in [6.45, 7) is 5.86. The Morgan fingerprint density at radius 1 is 1.60 bits per heavy atom. The molecule has 112 valence electrons. The topological polar surface area (TPSA) is 71.8 Å². The average molecular weight is 279 g/mol. The summed E-state index contributed by atoms with van der Waals surface area (Å²) < 4.78 is 1.78. The van der Waals surface area contributed by atoms with E-state index in [1.165, 1.54) is 12.8 Å². The second kappa shape index (κ2) is 7.99. The molecule has 1 amide bonds. The molecule has 2 N–H and O–H groups in total. The van der Waals surface area contributed by atoms with E-state index in [0.29, 0.717) is 24.8 Å². The molecule has 1 aliphatic rings. The summed E-state index contributed by atoms with van der Waals surface area (Å²) >= 11 is 0. The van der Waals surface area contributed by atoms with Gasteiger partial charge in [-0.25, -0.2) is 0 Å². The summed E-state index contributed by atoms with van der Waals surface area (Å²) in [5.41, 5.74) is 0. The van der Waals surface area contributed by atoms with E-state index in [9.17, 15) is 4.79 Å². The average Bonchev–Trinajstić information content (AvgIpc) is 2.98. The van der Waals surface area contributed by atoms with Gasteiger partial charge in [-0.2, -0.15) is 0 Å². The van der Waals surface area contributed by atoms with Crippen molar-refractivity contribution in [2.24, 2.45) is 11.8 Å². The van der Waals surface area contributed by atoms with E-state index in [0.717, 1.165) is 26.1 Å². The molecule has 6 heteroatoms. The zero-order chi connectivity index (χ0) is 14.2. The molecule has 1 fully saturated rings. The Bertz CT molecular complexity index is 386. The normalized spacial score (nSPS) is 20.6. The van der Waals surface area contributed by atoms with Crippen LogP contribution in [0.1, 0.15) is 32.6 Å². The minimum absolute atomic E-state index is 0.168. The largest absolute Gasteiger partial charge is 0.356 e. The second-order valence-corrected chi connectivity index (χ2v) is 5.66. The molecule has 1 saturated heterocycles. The maximum Gasteiger partial charge on any atom is 0.220 e. The van der Waals surface area contributed by atoms with E-state index in [1.807, 2.05) is 6.20 Å². The van der Waals surface area contributed by atoms with Gasteiger partial charge in [0.1, 0.15) is 0 Å². The number of amides is 1. The monoisotopic (exact) mass is 279 g/mol. The van der Waals surface area contributed by atoms with Crippen LogP contribution in [0.5, 0.6) is 0 Å². The van der Waals surface area contributed by atoms with Crippen LogP contribution in [-0.2, 0) is 11.3 Å². The predicted molar refractivity (Wildman–Crippen MR) is 77.0 cm³/mol. The van der Waals surface area contributed by atoms with Gasteiger partial charge in [0.2, 0.25) is 5.91 Å². The van der Waals surface area contributed by atoms with Crippen molar-refractivity contribution in [3.63, 3.8) is 0 Å². The van der Waals surface area contributed by atoms with Crippen molar-refractivity contribution in [1.82, 2.24) is 25.6 Å². The van der Waals surface area contributed by atoms with Crippen LogP contribution in [0.25, 0.3) is 0 Å². The lowest BCUT2D eigenvalue weighted by Gasteiger charge is -2.28. The first-order valence-electron chi connectivity index (χ1n) is 7.57. The molecule has 0 aromatic carbocycles. The van der Waals surface area contributed by atoms with Gasteiger partial charge in [0.25, 0.3) is 0 Å². The van der Waals surface area contributed by atoms with Gasteiger partial charge < -0.3 is 10.6 Å². The van der Waals surface area contributed by atoms with Gasteiger partial charge >= 0.3 is 0 Å². The highest BCUT2D eigenvalue weighted by Crippen LogP contribution is 2.22. The molecule has 2 rings (SSSR count). The number of hydrogen-bond donors (Lipinski definition) is 2. The molecular weight excluding hydrogens is 254 g/mol. The molecule has 2 unspecified atom stereocenters. The third kappa shape index (κ3) is 4.92. The lowest BCUT2D eigenvalue weighted by molar-refractivity contribution is -0.122. The first kappa shape index (κ1) is 15.0. The van der Waals surface area contributed by atoms with Crippen LogP contribution >= 0.6 is 0 Å². The van der Waals surface area contributed by atoms with Crippen LogP contribution in [0.15, 0.2) is 12.4 Å². The summed E-state index contributed by atoms with van der Waals surface area (Å²) in [6, 6.07) is 0. The molecule has 0 aliphatic carbocycles. The number of carbonyl (C=O) groups excluding carboxylic acids is 1. The molecule has 1 aromatic rings. The highest BCUT2D eigenvalue weighted by molar-refractivity contribution is 5.76. The fourth-order valence-electron chi connectivity index (χ4n) is 2.72. The Morgan fingerprint density at radius 3 is 3.20 bits per heavy atom. The Kier molecular flexibility index (Phi) is 5.98. The zero-order valence-electron chi connectivity index (χ0n) is 12.2. The summed E-state index contributed by atoms with van der Waals surface area (Å²) in [5, 5.41) is 14.0. The Labute approximate surface area is 120 Å². The lowest BCUT2D eigenvalue weighted by atomic mass is 9.85. The number of piperidine rings is 1. The Hall–Kier alpha value is -1.43. The minimum Gasteiger partial charge on any atom is -0.356 e. The van der Waals surface area contributed by atoms with Gasteiger partial charge in [0.05, 0.1) is 6.20 Å². The van der Waals surface area contributed by atoms with Crippen molar-refractivity contribution in [2.75, 3.05) is 19.6 Å². The first-order valence-corrected chi connectivity index (χ1v) is 7.57. The minimum atomic E-state index is 0.168. The number of aryl methyl sites for hydroxylation is 1. The van der Waals surface area contributed by atoms with Gasteiger partial charge in [0, 0.05) is 25.7 Å². The smallest absolute Gasteiger partial charge is 0.220 e. The van der Waals surface area contributed by atoms with Crippen molar-refractivity contribution in [3.8, 4) is 0 Å². The van der Waals surface area contributed by atoms with Crippen LogP contribution in [0, 0.1) is 11.8 Å². The molecule has 0 bridgehead atoms. The maximum absolute atomic E-state index is 11.9. The highest BCUT2D eigenvalue weighted by atomic mass is 16.1. The maximum atomic E-state index is 11.9. The molecule has 2 heterocycles. The molecular formula is C14H25N5O. The number of rotatable bonds is 7. The van der Waals surface area contributed by atoms with Gasteiger partial charge in [-0.3, -0.25) is 9.48 Å². The van der Waals surface area contributed by atoms with Crippen LogP contribution < -0.4 is 10.6 Å². The third-order valence-electron chi connectivity index (χ3n) is 4.01. The van der Waals surface area contributed by atoms with Crippen molar-refractivity contribution in [1.29, 1.82) is 0 Å². The quantitative estimate of drug-likeness (QED) is 0.725. The van der Waals surface area contributed by atoms with E-state index in [-0.39, 0.29) is 5.91 Å². The molecule has 0 saturated carbocycles. The van der Waals surface area contributed by atoms with E-state index in [2.05, 4.69) is 27.9 Å². The predicted octanol–water partition coefficient (Wildman–Crippen LogP) is 0.810. The number of hydrogen-bond acceptors (Lipinski definition) is 4. The van der Waals surface area contributed by atoms with Crippen LogP contribution in [0.4, 0.5) is 0 Å². The highest BCUT2D eigenvalue weighted by Gasteiger charge is 2.21. The first-order chi connectivity index (χ1) is 9.75. The molecule has 0 radical (unpaired) electrons. The SMILES string of the molecule is CC(CC(=O)NCCCn1ccnn1)C1CCCNC1. The molecule has 1 aliphatic heterocycles. The Balaban J connectivity index is 1.57. The standard InChI is InChI=1S/C14H25N5O/c1-12(13-4-2-5-15-11-13)10-14(20)16-6-3-8-19-9-7-17-18-19/h7,9,12-13,15H,2-6,8,10-11H2,1H3,(H,16,20).